The van der Waals surface area contributed by atoms with E-state index in [0.29, 0.717) is 4.99 Å². The number of hydrogen-bond donors (Lipinski definition) is 1. The molecule has 0 saturated heterocycles. The van der Waals surface area contributed by atoms with Gasteiger partial charge in [0.1, 0.15) is 5.75 Å². The van der Waals surface area contributed by atoms with Crippen molar-refractivity contribution in [1.82, 2.24) is 0 Å². The fourth-order valence-corrected chi connectivity index (χ4v) is 1.85. The summed E-state index contributed by atoms with van der Waals surface area (Å²) >= 11 is 4.89. The molecule has 17 heavy (non-hydrogen) atoms. The van der Waals surface area contributed by atoms with Gasteiger partial charge in [-0.15, -0.1) is 0 Å². The van der Waals surface area contributed by atoms with Gasteiger partial charge in [0.15, 0.2) is 0 Å². The van der Waals surface area contributed by atoms with Gasteiger partial charge in [0, 0.05) is 0 Å². The maximum Gasteiger partial charge on any atom is 0.122 e. The van der Waals surface area contributed by atoms with E-state index in [9.17, 15) is 0 Å². The van der Waals surface area contributed by atoms with Crippen LogP contribution in [0.3, 0.4) is 0 Å². The standard InChI is InChI=1S/C14H21NOS/c1-3-9-16-13-8-7-11(2)10-12(13)5-4-6-14(15)17/h7-8,10H,3-6,9H2,1-2H3,(H2,15,17). The normalized spacial score (nSPS) is 10.2. The van der Waals surface area contributed by atoms with E-state index in [2.05, 4.69) is 32.0 Å². The molecule has 0 amide bonds. The molecular weight excluding hydrogens is 230 g/mol. The van der Waals surface area contributed by atoms with E-state index in [1.165, 1.54) is 11.1 Å². The predicted molar refractivity (Wildman–Crippen MR) is 76.7 cm³/mol. The van der Waals surface area contributed by atoms with Crippen LogP contribution in [0.5, 0.6) is 5.75 Å². The average molecular weight is 251 g/mol. The van der Waals surface area contributed by atoms with Crippen LogP contribution in [0.1, 0.15) is 37.3 Å². The molecule has 0 spiro atoms. The Hall–Kier alpha value is -1.09. The monoisotopic (exact) mass is 251 g/mol. The van der Waals surface area contributed by atoms with Crippen molar-refractivity contribution in [1.29, 1.82) is 0 Å². The molecule has 0 unspecified atom stereocenters. The van der Waals surface area contributed by atoms with Crippen LogP contribution in [0.2, 0.25) is 0 Å². The van der Waals surface area contributed by atoms with Crippen LogP contribution < -0.4 is 10.5 Å². The number of thiocarbonyl (C=S) groups is 1. The van der Waals surface area contributed by atoms with Crippen LogP contribution in [-0.2, 0) is 6.42 Å². The maximum absolute atomic E-state index is 5.73. The summed E-state index contributed by atoms with van der Waals surface area (Å²) in [5.74, 6) is 1.00. The highest BCUT2D eigenvalue weighted by atomic mass is 32.1. The Labute approximate surface area is 109 Å². The molecule has 3 heteroatoms. The summed E-state index contributed by atoms with van der Waals surface area (Å²) in [5, 5.41) is 0. The molecule has 2 nitrogen and oxygen atoms in total. The lowest BCUT2D eigenvalue weighted by atomic mass is 10.0. The largest absolute Gasteiger partial charge is 0.493 e. The van der Waals surface area contributed by atoms with Crippen LogP contribution >= 0.6 is 12.2 Å². The highest BCUT2D eigenvalue weighted by Crippen LogP contribution is 2.22. The van der Waals surface area contributed by atoms with E-state index in [1.807, 2.05) is 0 Å². The van der Waals surface area contributed by atoms with Crippen LogP contribution in [0.15, 0.2) is 18.2 Å². The Balaban J connectivity index is 2.65. The number of nitrogens with two attached hydrogens (primary N) is 1. The van der Waals surface area contributed by atoms with Gasteiger partial charge in [-0.2, -0.15) is 0 Å². The molecule has 2 N–H and O–H groups in total. The van der Waals surface area contributed by atoms with E-state index in [0.717, 1.165) is 38.0 Å². The molecule has 0 atom stereocenters. The Bertz CT molecular complexity index is 376. The molecule has 1 aromatic rings. The molecule has 0 bridgehead atoms. The van der Waals surface area contributed by atoms with Gasteiger partial charge in [-0.05, 0) is 44.2 Å². The Morgan fingerprint density at radius 2 is 2.18 bits per heavy atom. The summed E-state index contributed by atoms with van der Waals surface area (Å²) < 4.78 is 5.73. The van der Waals surface area contributed by atoms with Crippen molar-refractivity contribution < 1.29 is 4.74 Å². The van der Waals surface area contributed by atoms with Gasteiger partial charge in [-0.25, -0.2) is 0 Å². The fraction of sp³-hybridized carbons (Fsp3) is 0.500. The molecule has 0 heterocycles. The topological polar surface area (TPSA) is 35.2 Å². The average Bonchev–Trinajstić information content (AvgIpc) is 2.27. The minimum Gasteiger partial charge on any atom is -0.493 e. The molecule has 0 aromatic heterocycles. The van der Waals surface area contributed by atoms with Gasteiger partial charge in [-0.3, -0.25) is 0 Å². The van der Waals surface area contributed by atoms with Crippen LogP contribution in [0, 0.1) is 6.92 Å². The van der Waals surface area contributed by atoms with E-state index in [1.54, 1.807) is 0 Å². The minimum absolute atomic E-state index is 0.591. The second-order valence-electron chi connectivity index (χ2n) is 4.28. The molecule has 0 radical (unpaired) electrons. The molecule has 0 aliphatic heterocycles. The highest BCUT2D eigenvalue weighted by Gasteiger charge is 2.04. The number of benzene rings is 1. The molecule has 1 aromatic carbocycles. The Kier molecular flexibility index (Phi) is 5.98. The van der Waals surface area contributed by atoms with Crippen LogP contribution in [0.4, 0.5) is 0 Å². The summed E-state index contributed by atoms with van der Waals surface area (Å²) in [6, 6.07) is 6.33. The molecular formula is C14H21NOS. The number of rotatable bonds is 7. The molecule has 94 valence electrons. The van der Waals surface area contributed by atoms with Crippen molar-refractivity contribution in [3.05, 3.63) is 29.3 Å². The summed E-state index contributed by atoms with van der Waals surface area (Å²) in [7, 11) is 0. The van der Waals surface area contributed by atoms with Gasteiger partial charge < -0.3 is 10.5 Å². The molecule has 0 fully saturated rings. The number of hydrogen-bond acceptors (Lipinski definition) is 2. The van der Waals surface area contributed by atoms with Gasteiger partial charge in [-0.1, -0.05) is 36.8 Å². The predicted octanol–water partition coefficient (Wildman–Crippen LogP) is 3.39. The summed E-state index contributed by atoms with van der Waals surface area (Å²) in [4.78, 5) is 0.591. The quantitative estimate of drug-likeness (QED) is 0.754. The van der Waals surface area contributed by atoms with E-state index in [4.69, 9.17) is 22.7 Å². The first-order chi connectivity index (χ1) is 8.13. The van der Waals surface area contributed by atoms with Crippen molar-refractivity contribution in [2.24, 2.45) is 5.73 Å². The third-order valence-corrected chi connectivity index (χ3v) is 2.75. The van der Waals surface area contributed by atoms with Gasteiger partial charge >= 0.3 is 0 Å². The minimum atomic E-state index is 0.591. The number of aryl methyl sites for hydroxylation is 2. The maximum atomic E-state index is 5.73. The first kappa shape index (κ1) is 14.0. The zero-order valence-corrected chi connectivity index (χ0v) is 11.5. The second-order valence-corrected chi connectivity index (χ2v) is 4.80. The molecule has 1 rings (SSSR count). The van der Waals surface area contributed by atoms with E-state index < -0.39 is 0 Å². The van der Waals surface area contributed by atoms with Crippen molar-refractivity contribution in [2.75, 3.05) is 6.61 Å². The third-order valence-electron chi connectivity index (χ3n) is 2.55. The SMILES string of the molecule is CCCOc1ccc(C)cc1CCCC(N)=S. The molecule has 0 aliphatic rings. The molecule has 0 aliphatic carbocycles. The third kappa shape index (κ3) is 5.18. The second kappa shape index (κ2) is 7.28. The van der Waals surface area contributed by atoms with Crippen LogP contribution in [-0.4, -0.2) is 11.6 Å². The van der Waals surface area contributed by atoms with Crippen LogP contribution in [0.25, 0.3) is 0 Å². The lowest BCUT2D eigenvalue weighted by Gasteiger charge is -2.11. The Morgan fingerprint density at radius 1 is 1.41 bits per heavy atom. The summed E-state index contributed by atoms with van der Waals surface area (Å²) in [6.07, 6.45) is 3.79. The van der Waals surface area contributed by atoms with Gasteiger partial charge in [0.05, 0.1) is 11.6 Å². The Morgan fingerprint density at radius 3 is 2.82 bits per heavy atom. The fourth-order valence-electron chi connectivity index (χ4n) is 1.71. The first-order valence-electron chi connectivity index (χ1n) is 6.14. The lowest BCUT2D eigenvalue weighted by Crippen LogP contribution is -2.08. The van der Waals surface area contributed by atoms with Crippen molar-refractivity contribution in [2.45, 2.75) is 39.5 Å². The zero-order valence-electron chi connectivity index (χ0n) is 10.7. The van der Waals surface area contributed by atoms with Crippen molar-refractivity contribution in [3.63, 3.8) is 0 Å². The number of ether oxygens (including phenoxy) is 1. The van der Waals surface area contributed by atoms with E-state index >= 15 is 0 Å². The summed E-state index contributed by atoms with van der Waals surface area (Å²) in [6.45, 7) is 4.98. The van der Waals surface area contributed by atoms with E-state index in [-0.39, 0.29) is 0 Å². The van der Waals surface area contributed by atoms with Gasteiger partial charge in [0.25, 0.3) is 0 Å². The summed E-state index contributed by atoms with van der Waals surface area (Å²) in [5.41, 5.74) is 8.03. The lowest BCUT2D eigenvalue weighted by molar-refractivity contribution is 0.314. The highest BCUT2D eigenvalue weighted by molar-refractivity contribution is 7.80. The van der Waals surface area contributed by atoms with Crippen molar-refractivity contribution >= 4 is 17.2 Å². The van der Waals surface area contributed by atoms with Crippen molar-refractivity contribution in [3.8, 4) is 5.75 Å². The zero-order chi connectivity index (χ0) is 12.7. The first-order valence-corrected chi connectivity index (χ1v) is 6.55. The smallest absolute Gasteiger partial charge is 0.122 e. The molecule has 0 saturated carbocycles. The van der Waals surface area contributed by atoms with Gasteiger partial charge in [0.2, 0.25) is 0 Å².